The molecule has 0 heterocycles. The van der Waals surface area contributed by atoms with Crippen molar-refractivity contribution < 1.29 is 0 Å². The molecule has 2 aliphatic carbocycles. The van der Waals surface area contributed by atoms with Crippen LogP contribution in [0.15, 0.2) is 12.2 Å². The molecule has 0 radical (unpaired) electrons. The molecule has 0 nitrogen and oxygen atoms in total. The molecule has 0 N–H and O–H groups in total. The third-order valence-corrected chi connectivity index (χ3v) is 4.52. The average Bonchev–Trinajstić information content (AvgIpc) is 2.61. The van der Waals surface area contributed by atoms with Gasteiger partial charge in [0.1, 0.15) is 0 Å². The minimum atomic E-state index is 0.620. The van der Waals surface area contributed by atoms with E-state index in [-0.39, 0.29) is 0 Å². The predicted molar refractivity (Wildman–Crippen MR) is 80.3 cm³/mol. The van der Waals surface area contributed by atoms with Crippen LogP contribution in [0.25, 0.3) is 0 Å². The molecule has 0 bridgehead atoms. The molecule has 0 spiro atoms. The minimum Gasteiger partial charge on any atom is -0.0996 e. The highest BCUT2D eigenvalue weighted by Gasteiger charge is 2.46. The number of allylic oxidation sites excluding steroid dienone is 1. The summed E-state index contributed by atoms with van der Waals surface area (Å²) >= 11 is 0. The van der Waals surface area contributed by atoms with Gasteiger partial charge >= 0.3 is 0 Å². The summed E-state index contributed by atoms with van der Waals surface area (Å²) in [6, 6.07) is 0. The normalized spacial score (nSPS) is 35.1. The fraction of sp³-hybridized carbons (Fsp3) is 0.882. The van der Waals surface area contributed by atoms with E-state index >= 15 is 0 Å². The number of fused-ring (bicyclic) bond motifs is 1. The van der Waals surface area contributed by atoms with Crippen LogP contribution in [0.2, 0.25) is 0 Å². The Kier molecular flexibility index (Phi) is 7.83. The number of rotatable bonds is 0. The van der Waals surface area contributed by atoms with E-state index in [1.165, 1.54) is 38.5 Å². The molecule has 2 aliphatic rings. The van der Waals surface area contributed by atoms with Crippen LogP contribution in [0.1, 0.15) is 80.1 Å². The summed E-state index contributed by atoms with van der Waals surface area (Å²) in [5.74, 6) is 1.79. The van der Waals surface area contributed by atoms with Crippen LogP contribution in [0.3, 0.4) is 0 Å². The van der Waals surface area contributed by atoms with E-state index in [0.717, 1.165) is 11.8 Å². The second kappa shape index (κ2) is 7.95. The lowest BCUT2D eigenvalue weighted by molar-refractivity contribution is 0.147. The lowest BCUT2D eigenvalue weighted by Crippen LogP contribution is -2.31. The van der Waals surface area contributed by atoms with Gasteiger partial charge in [-0.05, 0) is 49.4 Å². The smallest absolute Gasteiger partial charge is 0.0149 e. The maximum absolute atomic E-state index is 4.24. The first-order valence-electron chi connectivity index (χ1n) is 7.73. The van der Waals surface area contributed by atoms with Crippen molar-refractivity contribution in [2.24, 2.45) is 17.3 Å². The van der Waals surface area contributed by atoms with Crippen molar-refractivity contribution in [3.8, 4) is 0 Å². The highest BCUT2D eigenvalue weighted by molar-refractivity contribution is 5.14. The molecule has 17 heavy (non-hydrogen) atoms. The SMILES string of the molecule is C=C1CCC[C@@]2(C)C1CC[C@@H]2C.CC.CCC. The van der Waals surface area contributed by atoms with Crippen LogP contribution >= 0.6 is 0 Å². The third-order valence-electron chi connectivity index (χ3n) is 4.52. The van der Waals surface area contributed by atoms with Gasteiger partial charge in [-0.25, -0.2) is 0 Å². The van der Waals surface area contributed by atoms with Gasteiger partial charge in [-0.2, -0.15) is 0 Å². The van der Waals surface area contributed by atoms with Gasteiger partial charge in [0.15, 0.2) is 0 Å². The Balaban J connectivity index is 0.000000450. The molecule has 0 saturated heterocycles. The Morgan fingerprint density at radius 3 is 2.24 bits per heavy atom. The molecule has 1 unspecified atom stereocenters. The van der Waals surface area contributed by atoms with Crippen LogP contribution < -0.4 is 0 Å². The van der Waals surface area contributed by atoms with Gasteiger partial charge in [-0.15, -0.1) is 0 Å². The second-order valence-corrected chi connectivity index (χ2v) is 5.76. The molecule has 0 aromatic carbocycles. The largest absolute Gasteiger partial charge is 0.0996 e. The van der Waals surface area contributed by atoms with E-state index in [1.54, 1.807) is 5.57 Å². The molecule has 3 atom stereocenters. The molecule has 2 fully saturated rings. The summed E-state index contributed by atoms with van der Waals surface area (Å²) < 4.78 is 0. The van der Waals surface area contributed by atoms with E-state index in [1.807, 2.05) is 13.8 Å². The maximum Gasteiger partial charge on any atom is -0.0149 e. The molecule has 0 aromatic rings. The number of hydrogen-bond acceptors (Lipinski definition) is 0. The molecule has 0 amide bonds. The monoisotopic (exact) mass is 238 g/mol. The number of hydrogen-bond donors (Lipinski definition) is 0. The average molecular weight is 238 g/mol. The third kappa shape index (κ3) is 3.86. The second-order valence-electron chi connectivity index (χ2n) is 5.76. The molecule has 2 rings (SSSR count). The highest BCUT2D eigenvalue weighted by Crippen LogP contribution is 2.56. The van der Waals surface area contributed by atoms with Gasteiger partial charge in [0.25, 0.3) is 0 Å². The van der Waals surface area contributed by atoms with Crippen molar-refractivity contribution in [3.05, 3.63) is 12.2 Å². The lowest BCUT2D eigenvalue weighted by Gasteiger charge is -2.40. The zero-order valence-electron chi connectivity index (χ0n) is 13.1. The quantitative estimate of drug-likeness (QED) is 0.439. The molecule has 0 heteroatoms. The van der Waals surface area contributed by atoms with E-state index < -0.39 is 0 Å². The van der Waals surface area contributed by atoms with Crippen molar-refractivity contribution in [2.45, 2.75) is 80.1 Å². The Bertz CT molecular complexity index is 216. The first-order valence-corrected chi connectivity index (χ1v) is 7.73. The Morgan fingerprint density at radius 2 is 1.76 bits per heavy atom. The molecular weight excluding hydrogens is 204 g/mol. The molecule has 0 aromatic heterocycles. The summed E-state index contributed by atoms with van der Waals surface area (Å²) in [5, 5.41) is 0. The maximum atomic E-state index is 4.24. The molecule has 102 valence electrons. The fourth-order valence-corrected chi connectivity index (χ4v) is 3.38. The standard InChI is InChI=1S/C12H20.C3H8.C2H6/c1-9-5-4-8-12(3)10(2)6-7-11(9)12;1-3-2;1-2/h10-11H,1,4-8H2,2-3H3;3H2,1-2H3;1-2H3/t10-,11?,12+;;/m0../s1. The Hall–Kier alpha value is -0.260. The molecular formula is C17H34. The van der Waals surface area contributed by atoms with Crippen LogP contribution in [0.4, 0.5) is 0 Å². The first-order chi connectivity index (χ1) is 8.06. The van der Waals surface area contributed by atoms with E-state index in [9.17, 15) is 0 Å². The summed E-state index contributed by atoms with van der Waals surface area (Å²) in [6.07, 6.45) is 8.22. The van der Waals surface area contributed by atoms with Crippen molar-refractivity contribution >= 4 is 0 Å². The zero-order valence-corrected chi connectivity index (χ0v) is 13.1. The summed E-state index contributed by atoms with van der Waals surface area (Å²) in [5.41, 5.74) is 2.17. The van der Waals surface area contributed by atoms with Crippen molar-refractivity contribution in [1.82, 2.24) is 0 Å². The van der Waals surface area contributed by atoms with Crippen molar-refractivity contribution in [2.75, 3.05) is 0 Å². The van der Waals surface area contributed by atoms with E-state index in [2.05, 4.69) is 34.3 Å². The fourth-order valence-electron chi connectivity index (χ4n) is 3.38. The van der Waals surface area contributed by atoms with Crippen molar-refractivity contribution in [3.63, 3.8) is 0 Å². The molecule has 2 saturated carbocycles. The van der Waals surface area contributed by atoms with Crippen LogP contribution in [-0.4, -0.2) is 0 Å². The summed E-state index contributed by atoms with van der Waals surface area (Å²) in [4.78, 5) is 0. The van der Waals surface area contributed by atoms with Crippen LogP contribution in [-0.2, 0) is 0 Å². The van der Waals surface area contributed by atoms with Gasteiger partial charge in [0.05, 0.1) is 0 Å². The van der Waals surface area contributed by atoms with Gasteiger partial charge in [-0.3, -0.25) is 0 Å². The summed E-state index contributed by atoms with van der Waals surface area (Å²) in [6.45, 7) is 17.4. The van der Waals surface area contributed by atoms with Gasteiger partial charge in [0, 0.05) is 0 Å². The zero-order chi connectivity index (χ0) is 13.5. The lowest BCUT2D eigenvalue weighted by atomic mass is 9.64. The van der Waals surface area contributed by atoms with Gasteiger partial charge in [-0.1, -0.05) is 60.1 Å². The summed E-state index contributed by atoms with van der Waals surface area (Å²) in [7, 11) is 0. The first kappa shape index (κ1) is 16.7. The highest BCUT2D eigenvalue weighted by atomic mass is 14.5. The predicted octanol–water partition coefficient (Wildman–Crippen LogP) is 6.22. The van der Waals surface area contributed by atoms with Crippen LogP contribution in [0.5, 0.6) is 0 Å². The van der Waals surface area contributed by atoms with E-state index in [0.29, 0.717) is 5.41 Å². The van der Waals surface area contributed by atoms with Gasteiger partial charge in [0.2, 0.25) is 0 Å². The Morgan fingerprint density at radius 1 is 1.24 bits per heavy atom. The van der Waals surface area contributed by atoms with Gasteiger partial charge < -0.3 is 0 Å². The Labute approximate surface area is 110 Å². The topological polar surface area (TPSA) is 0 Å². The van der Waals surface area contributed by atoms with Crippen molar-refractivity contribution in [1.29, 1.82) is 0 Å². The molecule has 0 aliphatic heterocycles. The minimum absolute atomic E-state index is 0.620. The van der Waals surface area contributed by atoms with Crippen LogP contribution in [0, 0.1) is 17.3 Å². The van der Waals surface area contributed by atoms with E-state index in [4.69, 9.17) is 0 Å².